The first-order valence-corrected chi connectivity index (χ1v) is 9.10. The molecule has 0 N–H and O–H groups in total. The Labute approximate surface area is 147 Å². The Kier molecular flexibility index (Phi) is 3.98. The fourth-order valence-corrected chi connectivity index (χ4v) is 4.30. The van der Waals surface area contributed by atoms with Crippen LogP contribution < -0.4 is 5.56 Å². The molecule has 2 bridgehead atoms. The number of nitrogens with zero attached hydrogens (tertiary/aromatic N) is 4. The van der Waals surface area contributed by atoms with Gasteiger partial charge in [0.1, 0.15) is 0 Å². The second-order valence-corrected chi connectivity index (χ2v) is 7.30. The monoisotopic (exact) mass is 340 g/mol. The van der Waals surface area contributed by atoms with Crippen LogP contribution in [0.25, 0.3) is 0 Å². The molecule has 4 rings (SSSR count). The molecule has 1 amide bonds. The van der Waals surface area contributed by atoms with Crippen LogP contribution in [0, 0.1) is 12.8 Å². The lowest BCUT2D eigenvalue weighted by Gasteiger charge is -2.42. The van der Waals surface area contributed by atoms with E-state index in [1.165, 1.54) is 0 Å². The summed E-state index contributed by atoms with van der Waals surface area (Å²) in [6.07, 6.45) is 3.93. The highest BCUT2D eigenvalue weighted by molar-refractivity contribution is 5.95. The van der Waals surface area contributed by atoms with Gasteiger partial charge in [-0.3, -0.25) is 14.3 Å². The number of piperidine rings is 1. The van der Waals surface area contributed by atoms with Crippen LogP contribution >= 0.6 is 0 Å². The van der Waals surface area contributed by atoms with E-state index in [1.807, 2.05) is 39.4 Å². The molecule has 0 saturated carbocycles. The van der Waals surface area contributed by atoms with Gasteiger partial charge in [0.05, 0.1) is 11.3 Å². The summed E-state index contributed by atoms with van der Waals surface area (Å²) < 4.78 is 3.76. The summed E-state index contributed by atoms with van der Waals surface area (Å²) in [5.74, 6) is 0.666. The normalized spacial score (nSPS) is 21.9. The first-order valence-electron chi connectivity index (χ1n) is 9.10. The SMILES string of the molecule is CCCn1cc(C(=O)N2CC3CC(C2)c2cccc(=O)n2C3)c(C)n1. The number of fused-ring (bicyclic) bond motifs is 4. The molecular formula is C19H24N4O2. The minimum atomic E-state index is 0.0706. The third kappa shape index (κ3) is 2.79. The number of amides is 1. The van der Waals surface area contributed by atoms with Crippen molar-refractivity contribution < 1.29 is 4.79 Å². The Hall–Kier alpha value is -2.37. The highest BCUT2D eigenvalue weighted by Gasteiger charge is 2.37. The van der Waals surface area contributed by atoms with E-state index in [1.54, 1.807) is 6.07 Å². The molecule has 6 nitrogen and oxygen atoms in total. The van der Waals surface area contributed by atoms with Gasteiger partial charge >= 0.3 is 0 Å². The molecule has 25 heavy (non-hydrogen) atoms. The molecule has 2 aliphatic rings. The average Bonchev–Trinajstić information content (AvgIpc) is 2.96. The van der Waals surface area contributed by atoms with E-state index in [2.05, 4.69) is 12.0 Å². The van der Waals surface area contributed by atoms with Crippen LogP contribution in [-0.4, -0.2) is 38.2 Å². The van der Waals surface area contributed by atoms with Crippen molar-refractivity contribution in [1.29, 1.82) is 0 Å². The quantitative estimate of drug-likeness (QED) is 0.859. The van der Waals surface area contributed by atoms with E-state index in [4.69, 9.17) is 0 Å². The summed E-state index contributed by atoms with van der Waals surface area (Å²) in [4.78, 5) is 27.1. The summed E-state index contributed by atoms with van der Waals surface area (Å²) in [7, 11) is 0. The van der Waals surface area contributed by atoms with Crippen LogP contribution in [0.1, 0.15) is 47.4 Å². The van der Waals surface area contributed by atoms with Crippen LogP contribution in [0.3, 0.4) is 0 Å². The van der Waals surface area contributed by atoms with Gasteiger partial charge in [0.2, 0.25) is 0 Å². The van der Waals surface area contributed by atoms with E-state index in [9.17, 15) is 9.59 Å². The largest absolute Gasteiger partial charge is 0.338 e. The minimum absolute atomic E-state index is 0.0706. The zero-order valence-electron chi connectivity index (χ0n) is 14.8. The van der Waals surface area contributed by atoms with Crippen molar-refractivity contribution in [2.45, 2.75) is 45.7 Å². The van der Waals surface area contributed by atoms with E-state index < -0.39 is 0 Å². The van der Waals surface area contributed by atoms with Crippen LogP contribution in [0.4, 0.5) is 0 Å². The van der Waals surface area contributed by atoms with Crippen LogP contribution in [0.5, 0.6) is 0 Å². The molecule has 2 atom stereocenters. The van der Waals surface area contributed by atoms with Gasteiger partial charge in [0, 0.05) is 50.1 Å². The van der Waals surface area contributed by atoms with Crippen molar-refractivity contribution in [1.82, 2.24) is 19.2 Å². The van der Waals surface area contributed by atoms with Crippen molar-refractivity contribution in [3.8, 4) is 0 Å². The number of rotatable bonds is 3. The molecule has 132 valence electrons. The molecule has 1 saturated heterocycles. The molecular weight excluding hydrogens is 316 g/mol. The highest BCUT2D eigenvalue weighted by Crippen LogP contribution is 2.35. The predicted octanol–water partition coefficient (Wildman–Crippen LogP) is 2.02. The van der Waals surface area contributed by atoms with Crippen LogP contribution in [0.15, 0.2) is 29.2 Å². The Morgan fingerprint density at radius 1 is 1.28 bits per heavy atom. The van der Waals surface area contributed by atoms with Crippen molar-refractivity contribution in [3.05, 3.63) is 51.7 Å². The molecule has 0 aliphatic carbocycles. The summed E-state index contributed by atoms with van der Waals surface area (Å²) in [5.41, 5.74) is 2.65. The van der Waals surface area contributed by atoms with Crippen molar-refractivity contribution in [2.75, 3.05) is 13.1 Å². The molecule has 0 aromatic carbocycles. The van der Waals surface area contributed by atoms with Gasteiger partial charge in [-0.2, -0.15) is 5.10 Å². The number of carbonyl (C=O) groups excluding carboxylic acids is 1. The lowest BCUT2D eigenvalue weighted by molar-refractivity contribution is 0.0593. The zero-order chi connectivity index (χ0) is 17.6. The third-order valence-corrected chi connectivity index (χ3v) is 5.40. The van der Waals surface area contributed by atoms with Gasteiger partial charge in [0.15, 0.2) is 0 Å². The number of carbonyl (C=O) groups is 1. The maximum Gasteiger partial charge on any atom is 0.257 e. The van der Waals surface area contributed by atoms with E-state index in [0.29, 0.717) is 31.1 Å². The van der Waals surface area contributed by atoms with E-state index in [0.717, 1.165) is 30.8 Å². The predicted molar refractivity (Wildman–Crippen MR) is 94.7 cm³/mol. The molecule has 2 aromatic heterocycles. The molecule has 2 aliphatic heterocycles. The fourth-order valence-electron chi connectivity index (χ4n) is 4.30. The van der Waals surface area contributed by atoms with Gasteiger partial charge in [-0.05, 0) is 31.7 Å². The van der Waals surface area contributed by atoms with Crippen molar-refractivity contribution in [2.24, 2.45) is 5.92 Å². The highest BCUT2D eigenvalue weighted by atomic mass is 16.2. The maximum atomic E-state index is 13.1. The molecule has 0 spiro atoms. The smallest absolute Gasteiger partial charge is 0.257 e. The second kappa shape index (κ2) is 6.17. The molecule has 1 fully saturated rings. The summed E-state index contributed by atoms with van der Waals surface area (Å²) in [6, 6.07) is 5.48. The Morgan fingerprint density at radius 2 is 2.12 bits per heavy atom. The minimum Gasteiger partial charge on any atom is -0.338 e. The fraction of sp³-hybridized carbons (Fsp3) is 0.526. The van der Waals surface area contributed by atoms with E-state index >= 15 is 0 Å². The molecule has 4 heterocycles. The number of aromatic nitrogens is 3. The van der Waals surface area contributed by atoms with Crippen molar-refractivity contribution in [3.63, 3.8) is 0 Å². The van der Waals surface area contributed by atoms with Gasteiger partial charge in [-0.15, -0.1) is 0 Å². The topological polar surface area (TPSA) is 60.1 Å². The maximum absolute atomic E-state index is 13.1. The Bertz CT molecular complexity index is 867. The zero-order valence-corrected chi connectivity index (χ0v) is 14.8. The van der Waals surface area contributed by atoms with Gasteiger partial charge < -0.3 is 9.47 Å². The van der Waals surface area contributed by atoms with Gasteiger partial charge in [-0.1, -0.05) is 13.0 Å². The number of aryl methyl sites for hydroxylation is 2. The Balaban J connectivity index is 1.60. The molecule has 2 unspecified atom stereocenters. The number of likely N-dealkylation sites (tertiary alicyclic amines) is 1. The summed E-state index contributed by atoms with van der Waals surface area (Å²) in [5, 5.41) is 4.46. The number of hydrogen-bond acceptors (Lipinski definition) is 3. The lowest BCUT2D eigenvalue weighted by atomic mass is 9.83. The second-order valence-electron chi connectivity index (χ2n) is 7.30. The summed E-state index contributed by atoms with van der Waals surface area (Å²) >= 11 is 0. The first-order chi connectivity index (χ1) is 12.1. The Morgan fingerprint density at radius 3 is 2.92 bits per heavy atom. The lowest BCUT2D eigenvalue weighted by Crippen LogP contribution is -2.49. The van der Waals surface area contributed by atoms with Gasteiger partial charge in [-0.25, -0.2) is 0 Å². The standard InChI is InChI=1S/C19H24N4O2/c1-3-7-22-12-16(13(2)20-22)19(25)21-9-14-8-15(11-21)17-5-4-6-18(24)23(17)10-14/h4-6,12,14-15H,3,7-11H2,1-2H3. The number of pyridine rings is 1. The first kappa shape index (κ1) is 16.1. The number of hydrogen-bond donors (Lipinski definition) is 0. The molecule has 6 heteroatoms. The van der Waals surface area contributed by atoms with E-state index in [-0.39, 0.29) is 17.4 Å². The molecule has 0 radical (unpaired) electrons. The summed E-state index contributed by atoms with van der Waals surface area (Å²) in [6.45, 7) is 6.94. The third-order valence-electron chi connectivity index (χ3n) is 5.40. The molecule has 2 aromatic rings. The van der Waals surface area contributed by atoms with Gasteiger partial charge in [0.25, 0.3) is 11.5 Å². The average molecular weight is 340 g/mol. The van der Waals surface area contributed by atoms with Crippen molar-refractivity contribution >= 4 is 5.91 Å². The van der Waals surface area contributed by atoms with Crippen LogP contribution in [0.2, 0.25) is 0 Å². The van der Waals surface area contributed by atoms with Crippen LogP contribution in [-0.2, 0) is 13.1 Å².